The van der Waals surface area contributed by atoms with Gasteiger partial charge in [-0.3, -0.25) is 4.79 Å². The zero-order valence-corrected chi connectivity index (χ0v) is 17.5. The van der Waals surface area contributed by atoms with Gasteiger partial charge in [0.05, 0.1) is 18.6 Å². The first kappa shape index (κ1) is 21.8. The third-order valence-corrected chi connectivity index (χ3v) is 5.97. The molecule has 2 fully saturated rings. The molecular weight excluding hydrogens is 408 g/mol. The van der Waals surface area contributed by atoms with Crippen LogP contribution in [0.2, 0.25) is 0 Å². The summed E-state index contributed by atoms with van der Waals surface area (Å²) in [6.07, 6.45) is 6.75. The van der Waals surface area contributed by atoms with Crippen molar-refractivity contribution in [3.63, 3.8) is 0 Å². The molecule has 2 aromatic heterocycles. The van der Waals surface area contributed by atoms with E-state index in [1.165, 1.54) is 0 Å². The van der Waals surface area contributed by atoms with Gasteiger partial charge in [0.1, 0.15) is 11.4 Å². The number of hydrogen-bond donors (Lipinski definition) is 1. The molecule has 0 aromatic carbocycles. The molecule has 31 heavy (non-hydrogen) atoms. The highest BCUT2D eigenvalue weighted by Crippen LogP contribution is 2.28. The normalized spacial score (nSPS) is 22.6. The lowest BCUT2D eigenvalue weighted by Crippen LogP contribution is -2.39. The fourth-order valence-corrected chi connectivity index (χ4v) is 4.22. The Morgan fingerprint density at radius 1 is 1.19 bits per heavy atom. The molecule has 1 aliphatic heterocycles. The number of hydrogen-bond acceptors (Lipinski definition) is 6. The van der Waals surface area contributed by atoms with Crippen molar-refractivity contribution in [2.75, 3.05) is 13.2 Å². The van der Waals surface area contributed by atoms with Crippen molar-refractivity contribution in [2.45, 2.75) is 63.2 Å². The maximum atomic E-state index is 13.0. The maximum absolute atomic E-state index is 13.0. The average molecular weight is 435 g/mol. The number of amides is 1. The molecule has 0 unspecified atom stereocenters. The number of nitrogens with one attached hydrogen (secondary N) is 1. The van der Waals surface area contributed by atoms with Crippen molar-refractivity contribution in [1.29, 1.82) is 0 Å². The number of rotatable bonds is 6. The molecule has 0 radical (unpaired) electrons. The van der Waals surface area contributed by atoms with Gasteiger partial charge in [0.2, 0.25) is 0 Å². The Morgan fingerprint density at radius 3 is 2.58 bits per heavy atom. The van der Waals surface area contributed by atoms with Crippen LogP contribution >= 0.6 is 0 Å². The maximum Gasteiger partial charge on any atom is 0.345 e. The summed E-state index contributed by atoms with van der Waals surface area (Å²) in [5.41, 5.74) is 1.86. The summed E-state index contributed by atoms with van der Waals surface area (Å²) in [6, 6.07) is 1.67. The zero-order chi connectivity index (χ0) is 21.8. The first-order valence-electron chi connectivity index (χ1n) is 10.7. The van der Waals surface area contributed by atoms with Gasteiger partial charge >= 0.3 is 6.61 Å². The van der Waals surface area contributed by atoms with E-state index in [9.17, 15) is 13.6 Å². The summed E-state index contributed by atoms with van der Waals surface area (Å²) in [7, 11) is 1.85. The second kappa shape index (κ2) is 9.78. The summed E-state index contributed by atoms with van der Waals surface area (Å²) in [5.74, 6) is 0.387. The largest absolute Gasteiger partial charge is 0.381 e. The highest BCUT2D eigenvalue weighted by atomic mass is 19.3. The Hall–Kier alpha value is -2.46. The number of nitrogens with zero attached hydrogens (tertiary/aromatic N) is 4. The van der Waals surface area contributed by atoms with Crippen LogP contribution in [0, 0.1) is 0 Å². The fourth-order valence-electron chi connectivity index (χ4n) is 4.22. The number of ether oxygens (including phenoxy) is 2. The van der Waals surface area contributed by atoms with Crippen molar-refractivity contribution in [3.05, 3.63) is 30.0 Å². The summed E-state index contributed by atoms with van der Waals surface area (Å²) in [4.78, 5) is 26.4. The Morgan fingerprint density at radius 2 is 1.94 bits per heavy atom. The van der Waals surface area contributed by atoms with Gasteiger partial charge in [-0.05, 0) is 44.6 Å². The van der Waals surface area contributed by atoms with Gasteiger partial charge in [-0.2, -0.15) is 8.78 Å². The summed E-state index contributed by atoms with van der Waals surface area (Å²) >= 11 is 0. The second-order valence-electron chi connectivity index (χ2n) is 8.12. The van der Waals surface area contributed by atoms with E-state index >= 15 is 0 Å². The number of imidazole rings is 1. The van der Waals surface area contributed by atoms with Gasteiger partial charge in [0.25, 0.3) is 5.91 Å². The van der Waals surface area contributed by atoms with E-state index in [1.54, 1.807) is 18.6 Å². The molecule has 168 valence electrons. The van der Waals surface area contributed by atoms with E-state index in [4.69, 9.17) is 9.72 Å². The number of aromatic nitrogens is 4. The lowest BCUT2D eigenvalue weighted by Gasteiger charge is -2.28. The molecule has 2 aliphatic rings. The lowest BCUT2D eigenvalue weighted by molar-refractivity contribution is -0.170. The van der Waals surface area contributed by atoms with Crippen LogP contribution in [0.4, 0.5) is 8.78 Å². The van der Waals surface area contributed by atoms with Crippen molar-refractivity contribution in [1.82, 2.24) is 24.8 Å². The van der Waals surface area contributed by atoms with Gasteiger partial charge in [-0.25, -0.2) is 15.0 Å². The standard InChI is InChI=1S/C21H27F2N5O3/c1-28-12-24-11-18(28)19-26-16(13-6-8-30-9-7-13)10-17(27-19)20(29)25-14-2-4-15(5-3-14)31-21(22)23/h10-15,21H,2-9H2,1H3,(H,25,29). The molecule has 0 spiro atoms. The smallest absolute Gasteiger partial charge is 0.345 e. The molecule has 0 bridgehead atoms. The number of carbonyl (C=O) groups is 1. The van der Waals surface area contributed by atoms with E-state index in [2.05, 4.69) is 20.0 Å². The Bertz CT molecular complexity index is 893. The van der Waals surface area contributed by atoms with Gasteiger partial charge in [-0.15, -0.1) is 0 Å². The van der Waals surface area contributed by atoms with E-state index in [-0.39, 0.29) is 17.9 Å². The van der Waals surface area contributed by atoms with Crippen LogP contribution in [0.3, 0.4) is 0 Å². The van der Waals surface area contributed by atoms with Crippen LogP contribution < -0.4 is 5.32 Å². The van der Waals surface area contributed by atoms with Crippen LogP contribution in [0.25, 0.3) is 11.5 Å². The predicted octanol–water partition coefficient (Wildman–Crippen LogP) is 3.05. The first-order chi connectivity index (χ1) is 15.0. The Kier molecular flexibility index (Phi) is 6.86. The molecule has 1 amide bonds. The summed E-state index contributed by atoms with van der Waals surface area (Å²) in [5, 5.41) is 3.01. The molecule has 10 heteroatoms. The fraction of sp³-hybridized carbons (Fsp3) is 0.619. The van der Waals surface area contributed by atoms with E-state index < -0.39 is 12.7 Å². The second-order valence-corrected chi connectivity index (χ2v) is 8.12. The molecular formula is C21H27F2N5O3. The monoisotopic (exact) mass is 435 g/mol. The van der Waals surface area contributed by atoms with Gasteiger partial charge < -0.3 is 19.4 Å². The minimum atomic E-state index is -2.76. The molecule has 1 N–H and O–H groups in total. The predicted molar refractivity (Wildman–Crippen MR) is 108 cm³/mol. The topological polar surface area (TPSA) is 91.2 Å². The first-order valence-corrected chi connectivity index (χ1v) is 10.7. The zero-order valence-electron chi connectivity index (χ0n) is 17.5. The van der Waals surface area contributed by atoms with Crippen LogP contribution in [-0.2, 0) is 16.5 Å². The molecule has 1 aliphatic carbocycles. The van der Waals surface area contributed by atoms with E-state index in [1.807, 2.05) is 11.6 Å². The number of carbonyl (C=O) groups excluding carboxylic acids is 1. The van der Waals surface area contributed by atoms with Crippen LogP contribution in [0.15, 0.2) is 18.6 Å². The third kappa shape index (κ3) is 5.43. The van der Waals surface area contributed by atoms with Gasteiger partial charge in [0.15, 0.2) is 5.82 Å². The molecule has 1 saturated carbocycles. The minimum Gasteiger partial charge on any atom is -0.381 e. The number of alkyl halides is 2. The summed E-state index contributed by atoms with van der Waals surface area (Å²) < 4.78 is 36.7. The van der Waals surface area contributed by atoms with Crippen molar-refractivity contribution >= 4 is 5.91 Å². The van der Waals surface area contributed by atoms with Crippen molar-refractivity contribution in [3.8, 4) is 11.5 Å². The van der Waals surface area contributed by atoms with Crippen LogP contribution in [0.5, 0.6) is 0 Å². The molecule has 3 heterocycles. The number of halogens is 2. The molecule has 0 atom stereocenters. The highest BCUT2D eigenvalue weighted by molar-refractivity contribution is 5.93. The van der Waals surface area contributed by atoms with Crippen LogP contribution in [-0.4, -0.2) is 57.4 Å². The number of aryl methyl sites for hydroxylation is 1. The highest BCUT2D eigenvalue weighted by Gasteiger charge is 2.27. The quantitative estimate of drug-likeness (QED) is 0.750. The molecule has 8 nitrogen and oxygen atoms in total. The SMILES string of the molecule is Cn1cncc1-c1nc(C(=O)NC2CCC(OC(F)F)CC2)cc(C2CCOCC2)n1. The van der Waals surface area contributed by atoms with Gasteiger partial charge in [-0.1, -0.05) is 0 Å². The molecule has 4 rings (SSSR count). The van der Waals surface area contributed by atoms with Crippen LogP contribution in [0.1, 0.15) is 60.6 Å². The lowest BCUT2D eigenvalue weighted by atomic mass is 9.92. The Balaban J connectivity index is 1.51. The summed E-state index contributed by atoms with van der Waals surface area (Å²) in [6.45, 7) is -1.42. The van der Waals surface area contributed by atoms with Gasteiger partial charge in [0, 0.05) is 37.9 Å². The van der Waals surface area contributed by atoms with E-state index in [0.29, 0.717) is 50.4 Å². The molecule has 1 saturated heterocycles. The average Bonchev–Trinajstić information content (AvgIpc) is 3.21. The van der Waals surface area contributed by atoms with Crippen molar-refractivity contribution < 1.29 is 23.0 Å². The molecule has 2 aromatic rings. The van der Waals surface area contributed by atoms with Crippen molar-refractivity contribution in [2.24, 2.45) is 7.05 Å². The Labute approximate surface area is 179 Å². The third-order valence-electron chi connectivity index (χ3n) is 5.97. The van der Waals surface area contributed by atoms with E-state index in [0.717, 1.165) is 24.2 Å². The minimum absolute atomic E-state index is 0.0910.